The quantitative estimate of drug-likeness (QED) is 0.648. The lowest BCUT2D eigenvalue weighted by Gasteiger charge is -2.08. The summed E-state index contributed by atoms with van der Waals surface area (Å²) >= 11 is 0. The number of halogens is 2. The predicted molar refractivity (Wildman–Crippen MR) is 64.9 cm³/mol. The summed E-state index contributed by atoms with van der Waals surface area (Å²) in [6.45, 7) is 0.101. The Morgan fingerprint density at radius 1 is 1.11 bits per heavy atom. The highest BCUT2D eigenvalue weighted by Gasteiger charge is 2.05. The van der Waals surface area contributed by atoms with Crippen LogP contribution in [-0.4, -0.2) is 0 Å². The van der Waals surface area contributed by atoms with Gasteiger partial charge in [-0.05, 0) is 29.8 Å². The Balaban J connectivity index is 2.06. The molecule has 0 atom stereocenters. The van der Waals surface area contributed by atoms with Crippen molar-refractivity contribution in [3.63, 3.8) is 0 Å². The van der Waals surface area contributed by atoms with Gasteiger partial charge in [0.15, 0.2) is 11.6 Å². The second kappa shape index (κ2) is 5.46. The molecule has 0 radical (unpaired) electrons. The molecular weight excluding hydrogens is 238 g/mol. The van der Waals surface area contributed by atoms with Gasteiger partial charge in [-0.3, -0.25) is 5.84 Å². The van der Waals surface area contributed by atoms with E-state index < -0.39 is 5.82 Å². The molecule has 94 valence electrons. The average Bonchev–Trinajstić information content (AvgIpc) is 2.37. The Hall–Kier alpha value is -2.14. The van der Waals surface area contributed by atoms with Gasteiger partial charge < -0.3 is 10.2 Å². The highest BCUT2D eigenvalue weighted by atomic mass is 19.1. The molecule has 3 nitrogen and oxygen atoms in total. The normalized spacial score (nSPS) is 10.2. The zero-order valence-corrected chi connectivity index (χ0v) is 9.49. The maximum Gasteiger partial charge on any atom is 0.167 e. The molecule has 3 N–H and O–H groups in total. The summed E-state index contributed by atoms with van der Waals surface area (Å²) in [7, 11) is 0. The van der Waals surface area contributed by atoms with Crippen molar-refractivity contribution in [2.45, 2.75) is 6.61 Å². The van der Waals surface area contributed by atoms with Crippen LogP contribution in [-0.2, 0) is 6.61 Å². The van der Waals surface area contributed by atoms with Crippen LogP contribution in [0, 0.1) is 11.6 Å². The second-order valence-corrected chi connectivity index (χ2v) is 3.71. The van der Waals surface area contributed by atoms with E-state index in [0.29, 0.717) is 11.3 Å². The van der Waals surface area contributed by atoms with Crippen molar-refractivity contribution in [1.82, 2.24) is 0 Å². The van der Waals surface area contributed by atoms with Crippen molar-refractivity contribution in [2.24, 2.45) is 5.84 Å². The smallest absolute Gasteiger partial charge is 0.167 e. The first kappa shape index (κ1) is 12.3. The van der Waals surface area contributed by atoms with Gasteiger partial charge in [-0.2, -0.15) is 0 Å². The molecule has 2 rings (SSSR count). The van der Waals surface area contributed by atoms with Crippen LogP contribution in [0.2, 0.25) is 0 Å². The van der Waals surface area contributed by atoms with E-state index in [9.17, 15) is 8.78 Å². The van der Waals surface area contributed by atoms with E-state index in [1.807, 2.05) is 0 Å². The van der Waals surface area contributed by atoms with E-state index in [2.05, 4.69) is 5.43 Å². The SMILES string of the molecule is NNc1ccc(OCc2cccc(F)c2)c(F)c1. The van der Waals surface area contributed by atoms with Crippen molar-refractivity contribution in [1.29, 1.82) is 0 Å². The number of benzene rings is 2. The van der Waals surface area contributed by atoms with Crippen molar-refractivity contribution >= 4 is 5.69 Å². The molecular formula is C13H12F2N2O. The molecule has 2 aromatic carbocycles. The van der Waals surface area contributed by atoms with Gasteiger partial charge >= 0.3 is 0 Å². The maximum atomic E-state index is 13.5. The van der Waals surface area contributed by atoms with Gasteiger partial charge in [0.1, 0.15) is 12.4 Å². The van der Waals surface area contributed by atoms with Crippen LogP contribution in [0.15, 0.2) is 42.5 Å². The third kappa shape index (κ3) is 2.95. The van der Waals surface area contributed by atoms with Crippen LogP contribution in [0.25, 0.3) is 0 Å². The van der Waals surface area contributed by atoms with Gasteiger partial charge in [0.05, 0.1) is 5.69 Å². The molecule has 5 heteroatoms. The second-order valence-electron chi connectivity index (χ2n) is 3.71. The van der Waals surface area contributed by atoms with Crippen LogP contribution in [0.5, 0.6) is 5.75 Å². The average molecular weight is 250 g/mol. The molecule has 0 spiro atoms. The Bertz CT molecular complexity index is 546. The number of hydrogen-bond donors (Lipinski definition) is 2. The molecule has 2 aromatic rings. The molecule has 18 heavy (non-hydrogen) atoms. The minimum Gasteiger partial charge on any atom is -0.486 e. The van der Waals surface area contributed by atoms with Gasteiger partial charge in [-0.15, -0.1) is 0 Å². The number of rotatable bonds is 4. The number of ether oxygens (including phenoxy) is 1. The van der Waals surface area contributed by atoms with Gasteiger partial charge in [-0.25, -0.2) is 8.78 Å². The zero-order chi connectivity index (χ0) is 13.0. The van der Waals surface area contributed by atoms with Crippen molar-refractivity contribution in [3.05, 3.63) is 59.7 Å². The van der Waals surface area contributed by atoms with Crippen LogP contribution in [0.1, 0.15) is 5.56 Å². The summed E-state index contributed by atoms with van der Waals surface area (Å²) in [6, 6.07) is 10.2. The Labute approximate surface area is 103 Å². The third-order valence-corrected chi connectivity index (χ3v) is 2.38. The monoisotopic (exact) mass is 250 g/mol. The molecule has 0 amide bonds. The summed E-state index contributed by atoms with van der Waals surface area (Å²) in [6.07, 6.45) is 0. The van der Waals surface area contributed by atoms with Crippen LogP contribution < -0.4 is 16.0 Å². The first-order valence-electron chi connectivity index (χ1n) is 5.32. The molecule has 0 unspecified atom stereocenters. The number of anilines is 1. The van der Waals surface area contributed by atoms with Crippen molar-refractivity contribution < 1.29 is 13.5 Å². The van der Waals surface area contributed by atoms with E-state index in [1.54, 1.807) is 18.2 Å². The van der Waals surface area contributed by atoms with Crippen LogP contribution in [0.3, 0.4) is 0 Å². The van der Waals surface area contributed by atoms with Gasteiger partial charge in [0, 0.05) is 6.07 Å². The molecule has 0 fully saturated rings. The van der Waals surface area contributed by atoms with Crippen LogP contribution >= 0.6 is 0 Å². The fraction of sp³-hybridized carbons (Fsp3) is 0.0769. The summed E-state index contributed by atoms with van der Waals surface area (Å²) in [5.41, 5.74) is 3.42. The molecule has 0 aliphatic carbocycles. The minimum absolute atomic E-state index is 0.0956. The fourth-order valence-corrected chi connectivity index (χ4v) is 1.50. The van der Waals surface area contributed by atoms with Crippen LogP contribution in [0.4, 0.5) is 14.5 Å². The molecule has 0 bridgehead atoms. The fourth-order valence-electron chi connectivity index (χ4n) is 1.50. The lowest BCUT2D eigenvalue weighted by atomic mass is 10.2. The van der Waals surface area contributed by atoms with E-state index in [0.717, 1.165) is 0 Å². The standard InChI is InChI=1S/C13H12F2N2O/c14-10-3-1-2-9(6-10)8-18-13-5-4-11(17-16)7-12(13)15/h1-7,17H,8,16H2. The first-order chi connectivity index (χ1) is 8.69. The van der Waals surface area contributed by atoms with E-state index in [1.165, 1.54) is 24.3 Å². The number of hydrazine groups is 1. The minimum atomic E-state index is -0.526. The van der Waals surface area contributed by atoms with Crippen molar-refractivity contribution in [2.75, 3.05) is 5.43 Å². The molecule has 0 heterocycles. The summed E-state index contributed by atoms with van der Waals surface area (Å²) in [5, 5.41) is 0. The summed E-state index contributed by atoms with van der Waals surface area (Å²) < 4.78 is 31.7. The Morgan fingerprint density at radius 3 is 2.61 bits per heavy atom. The van der Waals surface area contributed by atoms with E-state index in [4.69, 9.17) is 10.6 Å². The summed E-state index contributed by atoms with van der Waals surface area (Å²) in [4.78, 5) is 0. The molecule has 0 saturated heterocycles. The lowest BCUT2D eigenvalue weighted by Crippen LogP contribution is -2.07. The number of nitrogens with one attached hydrogen (secondary N) is 1. The number of nitrogens with two attached hydrogens (primary N) is 1. The van der Waals surface area contributed by atoms with Gasteiger partial charge in [0.25, 0.3) is 0 Å². The third-order valence-electron chi connectivity index (χ3n) is 2.38. The zero-order valence-electron chi connectivity index (χ0n) is 9.49. The molecule has 0 saturated carbocycles. The topological polar surface area (TPSA) is 47.3 Å². The molecule has 0 aliphatic heterocycles. The number of hydrogen-bond acceptors (Lipinski definition) is 3. The Kier molecular flexibility index (Phi) is 3.74. The molecule has 0 aromatic heterocycles. The predicted octanol–water partition coefficient (Wildman–Crippen LogP) is 2.83. The number of nitrogen functional groups attached to an aromatic ring is 1. The summed E-state index contributed by atoms with van der Waals surface area (Å²) in [5.74, 6) is 4.37. The highest BCUT2D eigenvalue weighted by Crippen LogP contribution is 2.21. The lowest BCUT2D eigenvalue weighted by molar-refractivity contribution is 0.290. The van der Waals surface area contributed by atoms with E-state index in [-0.39, 0.29) is 18.2 Å². The van der Waals surface area contributed by atoms with Gasteiger partial charge in [-0.1, -0.05) is 12.1 Å². The maximum absolute atomic E-state index is 13.5. The largest absolute Gasteiger partial charge is 0.486 e. The molecule has 0 aliphatic rings. The first-order valence-corrected chi connectivity index (χ1v) is 5.32. The Morgan fingerprint density at radius 2 is 1.94 bits per heavy atom. The van der Waals surface area contributed by atoms with Crippen molar-refractivity contribution in [3.8, 4) is 5.75 Å². The van der Waals surface area contributed by atoms with E-state index >= 15 is 0 Å². The highest BCUT2D eigenvalue weighted by molar-refractivity contribution is 5.46. The van der Waals surface area contributed by atoms with Gasteiger partial charge in [0.2, 0.25) is 0 Å².